The van der Waals surface area contributed by atoms with Gasteiger partial charge in [-0.1, -0.05) is 17.8 Å². The number of thioether (sulfide) groups is 1. The summed E-state index contributed by atoms with van der Waals surface area (Å²) in [6.07, 6.45) is 1.73. The predicted molar refractivity (Wildman–Crippen MR) is 105 cm³/mol. The first-order valence-corrected chi connectivity index (χ1v) is 9.52. The van der Waals surface area contributed by atoms with Crippen LogP contribution in [0.2, 0.25) is 0 Å². The fourth-order valence-corrected chi connectivity index (χ4v) is 3.59. The van der Waals surface area contributed by atoms with Crippen LogP contribution in [0.25, 0.3) is 11.2 Å². The van der Waals surface area contributed by atoms with Crippen molar-refractivity contribution in [3.63, 3.8) is 0 Å². The maximum atomic E-state index is 13.3. The van der Waals surface area contributed by atoms with Crippen molar-refractivity contribution >= 4 is 22.9 Å². The van der Waals surface area contributed by atoms with Crippen LogP contribution in [0.15, 0.2) is 53.8 Å². The number of nitrogens with one attached hydrogen (secondary N) is 1. The maximum absolute atomic E-state index is 13.3. The third-order valence-electron chi connectivity index (χ3n) is 4.14. The summed E-state index contributed by atoms with van der Waals surface area (Å²) >= 11 is 1.53. The molecule has 0 fully saturated rings. The molecule has 3 aromatic heterocycles. The highest BCUT2D eigenvalue weighted by Gasteiger charge is 2.10. The number of rotatable bonds is 6. The van der Waals surface area contributed by atoms with Gasteiger partial charge in [-0.3, -0.25) is 4.98 Å². The first kappa shape index (κ1) is 18.2. The van der Waals surface area contributed by atoms with E-state index in [-0.39, 0.29) is 5.82 Å². The van der Waals surface area contributed by atoms with Gasteiger partial charge in [0.05, 0.1) is 18.3 Å². The van der Waals surface area contributed by atoms with Gasteiger partial charge in [0.25, 0.3) is 0 Å². The quantitative estimate of drug-likeness (QED) is 0.468. The minimum Gasteiger partial charge on any atom is -0.496 e. The van der Waals surface area contributed by atoms with Crippen LogP contribution in [-0.2, 0) is 5.75 Å². The fourth-order valence-electron chi connectivity index (χ4n) is 2.69. The lowest BCUT2D eigenvalue weighted by Crippen LogP contribution is -1.95. The molecule has 28 heavy (non-hydrogen) atoms. The number of aromatic nitrogens is 4. The number of hydrogen-bond acceptors (Lipinski definition) is 6. The number of H-pyrrole nitrogens is 1. The van der Waals surface area contributed by atoms with Gasteiger partial charge in [-0.05, 0) is 31.2 Å². The number of ether oxygens (including phenoxy) is 2. The van der Waals surface area contributed by atoms with Crippen LogP contribution in [0.1, 0.15) is 11.3 Å². The van der Waals surface area contributed by atoms with E-state index in [4.69, 9.17) is 9.47 Å². The van der Waals surface area contributed by atoms with Crippen LogP contribution in [0.4, 0.5) is 4.39 Å². The Kier molecular flexibility index (Phi) is 5.12. The Balaban J connectivity index is 1.50. The third kappa shape index (κ3) is 3.91. The molecule has 1 aromatic carbocycles. The number of methoxy groups -OCH3 is 1. The molecule has 0 aliphatic rings. The van der Waals surface area contributed by atoms with Gasteiger partial charge in [-0.25, -0.2) is 9.37 Å². The molecule has 0 aliphatic carbocycles. The summed E-state index contributed by atoms with van der Waals surface area (Å²) in [5.74, 6) is 1.84. The Bertz CT molecular complexity index is 1130. The number of halogens is 1. The van der Waals surface area contributed by atoms with Gasteiger partial charge >= 0.3 is 0 Å². The van der Waals surface area contributed by atoms with E-state index in [1.807, 2.05) is 19.1 Å². The number of nitrogens with zero attached hydrogens (tertiary/aromatic N) is 3. The van der Waals surface area contributed by atoms with Gasteiger partial charge < -0.3 is 14.5 Å². The summed E-state index contributed by atoms with van der Waals surface area (Å²) in [6, 6.07) is 11.3. The molecule has 3 heterocycles. The average molecular weight is 396 g/mol. The molecule has 0 unspecified atom stereocenters. The van der Waals surface area contributed by atoms with E-state index in [2.05, 4.69) is 19.9 Å². The van der Waals surface area contributed by atoms with Gasteiger partial charge in [0.1, 0.15) is 17.3 Å². The second-order valence-electron chi connectivity index (χ2n) is 6.00. The molecule has 0 radical (unpaired) electrons. The van der Waals surface area contributed by atoms with Gasteiger partial charge in [-0.15, -0.1) is 0 Å². The summed E-state index contributed by atoms with van der Waals surface area (Å²) in [6.45, 7) is 1.98. The monoisotopic (exact) mass is 396 g/mol. The van der Waals surface area contributed by atoms with Gasteiger partial charge in [0, 0.05) is 29.6 Å². The standard InChI is InChI=1S/C20H17FN4O2S/c1-12-16(22-9-8-17(12)26-2)11-28-20-23-15-6-7-18(24-19(15)25-20)27-14-5-3-4-13(21)10-14/h3-10H,11H2,1-2H3,(H,23,24,25). The molecule has 6 nitrogen and oxygen atoms in total. The largest absolute Gasteiger partial charge is 0.496 e. The summed E-state index contributed by atoms with van der Waals surface area (Å²) in [5, 5.41) is 0.731. The van der Waals surface area contributed by atoms with Crippen molar-refractivity contribution in [3.05, 3.63) is 65.7 Å². The molecule has 0 atom stereocenters. The number of imidazole rings is 1. The van der Waals surface area contributed by atoms with E-state index in [9.17, 15) is 4.39 Å². The fraction of sp³-hybridized carbons (Fsp3) is 0.150. The van der Waals surface area contributed by atoms with E-state index in [0.29, 0.717) is 23.0 Å². The van der Waals surface area contributed by atoms with E-state index >= 15 is 0 Å². The maximum Gasteiger partial charge on any atom is 0.221 e. The van der Waals surface area contributed by atoms with Crippen molar-refractivity contribution < 1.29 is 13.9 Å². The lowest BCUT2D eigenvalue weighted by molar-refractivity contribution is 0.410. The molecule has 142 valence electrons. The highest BCUT2D eigenvalue weighted by molar-refractivity contribution is 7.98. The molecular formula is C20H17FN4O2S. The van der Waals surface area contributed by atoms with Crippen LogP contribution < -0.4 is 9.47 Å². The zero-order chi connectivity index (χ0) is 19.5. The van der Waals surface area contributed by atoms with E-state index in [1.165, 1.54) is 23.9 Å². The van der Waals surface area contributed by atoms with Crippen molar-refractivity contribution in [1.82, 2.24) is 19.9 Å². The predicted octanol–water partition coefficient (Wildman–Crippen LogP) is 4.89. The molecular weight excluding hydrogens is 379 g/mol. The Labute approximate surface area is 165 Å². The molecule has 0 saturated heterocycles. The molecule has 8 heteroatoms. The number of pyridine rings is 2. The second kappa shape index (κ2) is 7.85. The second-order valence-corrected chi connectivity index (χ2v) is 6.96. The first-order chi connectivity index (χ1) is 13.6. The lowest BCUT2D eigenvalue weighted by atomic mass is 10.2. The average Bonchev–Trinajstić information content (AvgIpc) is 3.09. The third-order valence-corrected chi connectivity index (χ3v) is 5.03. The SMILES string of the molecule is COc1ccnc(CSc2nc3nc(Oc4cccc(F)c4)ccc3[nH]2)c1C. The van der Waals surface area contributed by atoms with E-state index in [0.717, 1.165) is 27.7 Å². The molecule has 0 saturated carbocycles. The Morgan fingerprint density at radius 2 is 2.04 bits per heavy atom. The van der Waals surface area contributed by atoms with Crippen LogP contribution >= 0.6 is 11.8 Å². The van der Waals surface area contributed by atoms with Crippen LogP contribution in [0.5, 0.6) is 17.4 Å². The number of aromatic amines is 1. The minimum absolute atomic E-state index is 0.353. The molecule has 4 rings (SSSR count). The highest BCUT2D eigenvalue weighted by atomic mass is 32.2. The van der Waals surface area contributed by atoms with Crippen LogP contribution in [0.3, 0.4) is 0 Å². The molecule has 1 N–H and O–H groups in total. The Morgan fingerprint density at radius 1 is 1.14 bits per heavy atom. The molecule has 0 amide bonds. The summed E-state index contributed by atoms with van der Waals surface area (Å²) in [4.78, 5) is 16.5. The van der Waals surface area contributed by atoms with Gasteiger partial charge in [-0.2, -0.15) is 4.98 Å². The molecule has 0 bridgehead atoms. The Morgan fingerprint density at radius 3 is 2.86 bits per heavy atom. The van der Waals surface area contributed by atoms with Crippen molar-refractivity contribution in [1.29, 1.82) is 0 Å². The summed E-state index contributed by atoms with van der Waals surface area (Å²) < 4.78 is 24.2. The van der Waals surface area contributed by atoms with Gasteiger partial charge in [0.2, 0.25) is 5.88 Å². The number of fused-ring (bicyclic) bond motifs is 1. The normalized spacial score (nSPS) is 11.0. The van der Waals surface area contributed by atoms with Crippen molar-refractivity contribution in [2.75, 3.05) is 7.11 Å². The first-order valence-electron chi connectivity index (χ1n) is 8.54. The molecule has 0 spiro atoms. The summed E-state index contributed by atoms with van der Waals surface area (Å²) in [7, 11) is 1.65. The van der Waals surface area contributed by atoms with Crippen molar-refractivity contribution in [2.24, 2.45) is 0 Å². The number of benzene rings is 1. The van der Waals surface area contributed by atoms with Crippen molar-refractivity contribution in [3.8, 4) is 17.4 Å². The van der Waals surface area contributed by atoms with E-state index in [1.54, 1.807) is 31.5 Å². The zero-order valence-corrected chi connectivity index (χ0v) is 16.1. The topological polar surface area (TPSA) is 72.9 Å². The lowest BCUT2D eigenvalue weighted by Gasteiger charge is -2.08. The van der Waals surface area contributed by atoms with E-state index < -0.39 is 0 Å². The highest BCUT2D eigenvalue weighted by Crippen LogP contribution is 2.28. The van der Waals surface area contributed by atoms with Crippen LogP contribution in [-0.4, -0.2) is 27.0 Å². The van der Waals surface area contributed by atoms with Crippen molar-refractivity contribution in [2.45, 2.75) is 17.8 Å². The molecule has 4 aromatic rings. The molecule has 0 aliphatic heterocycles. The minimum atomic E-state index is -0.363. The van der Waals surface area contributed by atoms with Gasteiger partial charge in [0.15, 0.2) is 10.8 Å². The Hall–Kier alpha value is -3.13. The summed E-state index contributed by atoms with van der Waals surface area (Å²) in [5.41, 5.74) is 3.28. The smallest absolute Gasteiger partial charge is 0.221 e. The van der Waals surface area contributed by atoms with Crippen LogP contribution in [0, 0.1) is 12.7 Å². The zero-order valence-electron chi connectivity index (χ0n) is 15.3. The number of hydrogen-bond donors (Lipinski definition) is 1.